The monoisotopic (exact) mass is 350 g/mol. The summed E-state index contributed by atoms with van der Waals surface area (Å²) in [6, 6.07) is 14.6. The van der Waals surface area contributed by atoms with Gasteiger partial charge in [0.05, 0.1) is 17.4 Å². The summed E-state index contributed by atoms with van der Waals surface area (Å²) in [6.07, 6.45) is -0.741. The lowest BCUT2D eigenvalue weighted by molar-refractivity contribution is 0.192. The first-order valence-electron chi connectivity index (χ1n) is 5.98. The van der Waals surface area contributed by atoms with Gasteiger partial charge in [-0.25, -0.2) is 0 Å². The summed E-state index contributed by atoms with van der Waals surface area (Å²) in [5.74, 6) is 0. The molecule has 0 aliphatic rings. The van der Waals surface area contributed by atoms with E-state index in [0.717, 1.165) is 4.47 Å². The van der Waals surface area contributed by atoms with Crippen molar-refractivity contribution in [2.45, 2.75) is 6.10 Å². The number of hydrogen-bond donors (Lipinski definition) is 2. The molecule has 0 saturated carbocycles. The topological polar surface area (TPSA) is 56.0 Å². The smallest absolute Gasteiger partial charge is 0.101 e. The van der Waals surface area contributed by atoms with Crippen LogP contribution in [0.2, 0.25) is 5.02 Å². The average molecular weight is 352 g/mol. The van der Waals surface area contributed by atoms with Crippen molar-refractivity contribution in [1.29, 1.82) is 5.26 Å². The Morgan fingerprint density at radius 3 is 2.75 bits per heavy atom. The van der Waals surface area contributed by atoms with Crippen LogP contribution >= 0.6 is 27.5 Å². The van der Waals surface area contributed by atoms with E-state index in [1.807, 2.05) is 12.1 Å². The van der Waals surface area contributed by atoms with Crippen molar-refractivity contribution in [3.63, 3.8) is 0 Å². The second kappa shape index (κ2) is 6.76. The lowest BCUT2D eigenvalue weighted by atomic mass is 10.1. The third kappa shape index (κ3) is 3.51. The summed E-state index contributed by atoms with van der Waals surface area (Å²) in [6.45, 7) is 0.273. The van der Waals surface area contributed by atoms with Gasteiger partial charge in [0.25, 0.3) is 0 Å². The molecule has 0 aliphatic heterocycles. The first kappa shape index (κ1) is 14.9. The van der Waals surface area contributed by atoms with E-state index < -0.39 is 6.10 Å². The van der Waals surface area contributed by atoms with Crippen LogP contribution in [0.3, 0.4) is 0 Å². The van der Waals surface area contributed by atoms with E-state index in [1.165, 1.54) is 0 Å². The number of aliphatic hydroxyl groups is 1. The van der Waals surface area contributed by atoms with Crippen molar-refractivity contribution < 1.29 is 5.11 Å². The van der Waals surface area contributed by atoms with Crippen molar-refractivity contribution in [2.75, 3.05) is 11.9 Å². The Hall–Kier alpha value is -1.54. The number of nitrogens with zero attached hydrogens (tertiary/aromatic N) is 1. The van der Waals surface area contributed by atoms with Crippen LogP contribution in [0.1, 0.15) is 17.2 Å². The van der Waals surface area contributed by atoms with E-state index in [1.54, 1.807) is 30.3 Å². The van der Waals surface area contributed by atoms with E-state index >= 15 is 0 Å². The maximum Gasteiger partial charge on any atom is 0.101 e. The molecule has 3 nitrogen and oxygen atoms in total. The summed E-state index contributed by atoms with van der Waals surface area (Å²) in [4.78, 5) is 0. The lowest BCUT2D eigenvalue weighted by Gasteiger charge is -2.15. The highest BCUT2D eigenvalue weighted by atomic mass is 79.9. The summed E-state index contributed by atoms with van der Waals surface area (Å²) in [7, 11) is 0. The van der Waals surface area contributed by atoms with Crippen molar-refractivity contribution >= 4 is 33.2 Å². The van der Waals surface area contributed by atoms with Gasteiger partial charge in [0.15, 0.2) is 0 Å². The molecule has 0 saturated heterocycles. The van der Waals surface area contributed by atoms with Gasteiger partial charge in [0.1, 0.15) is 6.07 Å². The van der Waals surface area contributed by atoms with Crippen molar-refractivity contribution in [2.24, 2.45) is 0 Å². The third-order valence-corrected chi connectivity index (χ3v) is 3.69. The fourth-order valence-electron chi connectivity index (χ4n) is 1.82. The Bertz CT molecular complexity index is 655. The highest BCUT2D eigenvalue weighted by Crippen LogP contribution is 2.25. The molecule has 0 fully saturated rings. The molecule has 0 spiro atoms. The van der Waals surface area contributed by atoms with Gasteiger partial charge in [-0.3, -0.25) is 0 Å². The molecule has 1 atom stereocenters. The lowest BCUT2D eigenvalue weighted by Crippen LogP contribution is -2.13. The second-order valence-electron chi connectivity index (χ2n) is 4.22. The fourth-order valence-corrected chi connectivity index (χ4v) is 2.44. The van der Waals surface area contributed by atoms with Gasteiger partial charge in [-0.1, -0.05) is 45.7 Å². The SMILES string of the molecule is N#Cc1ccc(Br)cc1NCC(O)c1ccccc1Cl. The van der Waals surface area contributed by atoms with Gasteiger partial charge in [-0.15, -0.1) is 0 Å². The van der Waals surface area contributed by atoms with Crippen LogP contribution in [0.15, 0.2) is 46.9 Å². The van der Waals surface area contributed by atoms with E-state index in [0.29, 0.717) is 21.8 Å². The zero-order valence-electron chi connectivity index (χ0n) is 10.5. The zero-order valence-corrected chi connectivity index (χ0v) is 12.8. The molecule has 2 aromatic rings. The Labute approximate surface area is 130 Å². The number of rotatable bonds is 4. The Balaban J connectivity index is 2.11. The molecular weight excluding hydrogens is 340 g/mol. The van der Waals surface area contributed by atoms with E-state index in [2.05, 4.69) is 27.3 Å². The van der Waals surface area contributed by atoms with E-state index in [4.69, 9.17) is 16.9 Å². The summed E-state index contributed by atoms with van der Waals surface area (Å²) < 4.78 is 0.867. The molecule has 2 N–H and O–H groups in total. The number of anilines is 1. The average Bonchev–Trinajstić information content (AvgIpc) is 2.45. The van der Waals surface area contributed by atoms with Crippen LogP contribution in [0, 0.1) is 11.3 Å². The first-order valence-corrected chi connectivity index (χ1v) is 7.15. The molecule has 0 aliphatic carbocycles. The van der Waals surface area contributed by atoms with Crippen molar-refractivity contribution in [3.8, 4) is 6.07 Å². The minimum atomic E-state index is -0.741. The molecule has 0 bridgehead atoms. The Kier molecular flexibility index (Phi) is 5.02. The van der Waals surface area contributed by atoms with Gasteiger partial charge in [0.2, 0.25) is 0 Å². The fraction of sp³-hybridized carbons (Fsp3) is 0.133. The molecule has 20 heavy (non-hydrogen) atoms. The van der Waals surface area contributed by atoms with E-state index in [-0.39, 0.29) is 6.54 Å². The second-order valence-corrected chi connectivity index (χ2v) is 5.54. The van der Waals surface area contributed by atoms with Gasteiger partial charge in [-0.2, -0.15) is 5.26 Å². The first-order chi connectivity index (χ1) is 9.61. The quantitative estimate of drug-likeness (QED) is 0.871. The molecule has 2 rings (SSSR count). The molecular formula is C15H12BrClN2O. The van der Waals surface area contributed by atoms with Crippen molar-refractivity contribution in [1.82, 2.24) is 0 Å². The highest BCUT2D eigenvalue weighted by Gasteiger charge is 2.11. The molecule has 0 amide bonds. The maximum atomic E-state index is 10.2. The van der Waals surface area contributed by atoms with Crippen molar-refractivity contribution in [3.05, 3.63) is 63.1 Å². The molecule has 5 heteroatoms. The maximum absolute atomic E-state index is 10.2. The predicted octanol–water partition coefficient (Wildman–Crippen LogP) is 4.12. The normalized spacial score (nSPS) is 11.7. The minimum absolute atomic E-state index is 0.273. The number of halogens is 2. The molecule has 1 unspecified atom stereocenters. The van der Waals surface area contributed by atoms with Gasteiger partial charge in [0, 0.05) is 21.6 Å². The number of hydrogen-bond acceptors (Lipinski definition) is 3. The van der Waals surface area contributed by atoms with Gasteiger partial charge in [-0.05, 0) is 24.3 Å². The van der Waals surface area contributed by atoms with Crippen LogP contribution in [-0.4, -0.2) is 11.7 Å². The molecule has 0 aromatic heterocycles. The Morgan fingerprint density at radius 1 is 1.30 bits per heavy atom. The minimum Gasteiger partial charge on any atom is -0.387 e. The van der Waals surface area contributed by atoms with Crippen LogP contribution in [0.25, 0.3) is 0 Å². The van der Waals surface area contributed by atoms with E-state index in [9.17, 15) is 5.11 Å². The van der Waals surface area contributed by atoms with Crippen LogP contribution in [-0.2, 0) is 0 Å². The van der Waals surface area contributed by atoms with Crippen LogP contribution in [0.5, 0.6) is 0 Å². The Morgan fingerprint density at radius 2 is 2.05 bits per heavy atom. The number of aliphatic hydroxyl groups excluding tert-OH is 1. The zero-order chi connectivity index (χ0) is 14.5. The van der Waals surface area contributed by atoms with Gasteiger partial charge >= 0.3 is 0 Å². The molecule has 0 heterocycles. The predicted molar refractivity (Wildman–Crippen MR) is 83.8 cm³/mol. The highest BCUT2D eigenvalue weighted by molar-refractivity contribution is 9.10. The number of nitrogens with one attached hydrogen (secondary N) is 1. The number of nitriles is 1. The molecule has 102 valence electrons. The number of benzene rings is 2. The largest absolute Gasteiger partial charge is 0.387 e. The van der Waals surface area contributed by atoms with Crippen LogP contribution in [0.4, 0.5) is 5.69 Å². The molecule has 2 aromatic carbocycles. The third-order valence-electron chi connectivity index (χ3n) is 2.85. The summed E-state index contributed by atoms with van der Waals surface area (Å²) in [5, 5.41) is 22.8. The summed E-state index contributed by atoms with van der Waals surface area (Å²) >= 11 is 9.39. The van der Waals surface area contributed by atoms with Gasteiger partial charge < -0.3 is 10.4 Å². The van der Waals surface area contributed by atoms with Crippen LogP contribution < -0.4 is 5.32 Å². The standard InChI is InChI=1S/C15H12BrClN2O/c16-11-6-5-10(8-18)14(7-11)19-9-15(20)12-3-1-2-4-13(12)17/h1-7,15,19-20H,9H2. The molecule has 0 radical (unpaired) electrons. The summed E-state index contributed by atoms with van der Waals surface area (Å²) in [5.41, 5.74) is 1.86.